The van der Waals surface area contributed by atoms with E-state index in [2.05, 4.69) is 34.6 Å². The number of fused-ring (bicyclic) bond motifs is 1. The lowest BCUT2D eigenvalue weighted by molar-refractivity contribution is -0.140. The third-order valence-corrected chi connectivity index (χ3v) is 4.98. The fraction of sp³-hybridized carbons (Fsp3) is 0.182. The number of carbonyl (C=O) groups is 2. The summed E-state index contributed by atoms with van der Waals surface area (Å²) in [6.07, 6.45) is 3.48. The van der Waals surface area contributed by atoms with Gasteiger partial charge in [0, 0.05) is 11.7 Å². The van der Waals surface area contributed by atoms with Crippen LogP contribution in [0.15, 0.2) is 47.6 Å². The molecule has 0 aliphatic rings. The Morgan fingerprint density at radius 3 is 2.61 bits per heavy atom. The molecule has 0 radical (unpaired) electrons. The van der Waals surface area contributed by atoms with Gasteiger partial charge >= 0.3 is 5.97 Å². The summed E-state index contributed by atoms with van der Waals surface area (Å²) < 4.78 is 0. The molecule has 5 nitrogen and oxygen atoms in total. The molecule has 3 aromatic rings. The second-order valence-electron chi connectivity index (χ2n) is 6.83. The van der Waals surface area contributed by atoms with Gasteiger partial charge in [0.2, 0.25) is 0 Å². The lowest BCUT2D eigenvalue weighted by Gasteiger charge is -2.12. The minimum atomic E-state index is -1.12. The van der Waals surface area contributed by atoms with Crippen LogP contribution in [0.2, 0.25) is 0 Å². The van der Waals surface area contributed by atoms with Gasteiger partial charge in [0.15, 0.2) is 0 Å². The number of H-pyrrole nitrogens is 1. The molecule has 1 amide bonds. The Kier molecular flexibility index (Phi) is 5.56. The highest BCUT2D eigenvalue weighted by molar-refractivity contribution is 6.44. The summed E-state index contributed by atoms with van der Waals surface area (Å²) in [5, 5.41) is 12.3. The third-order valence-electron chi connectivity index (χ3n) is 4.69. The number of carboxylic acid groups (broad SMARTS) is 1. The van der Waals surface area contributed by atoms with Gasteiger partial charge in [-0.05, 0) is 78.2 Å². The first-order valence-electron chi connectivity index (χ1n) is 8.86. The normalized spacial score (nSPS) is 12.8. The number of aromatic amines is 1. The number of nitrogens with one attached hydrogen (secondary N) is 2. The number of rotatable bonds is 5. The lowest BCUT2D eigenvalue weighted by atomic mass is 9.94. The molecule has 3 rings (SSSR count). The van der Waals surface area contributed by atoms with Gasteiger partial charge < -0.3 is 15.4 Å². The molecule has 1 heterocycles. The molecule has 2 aromatic carbocycles. The molecule has 0 saturated heterocycles. The zero-order chi connectivity index (χ0) is 20.4. The van der Waals surface area contributed by atoms with Crippen molar-refractivity contribution in [2.45, 2.75) is 26.8 Å². The van der Waals surface area contributed by atoms with E-state index in [1.54, 1.807) is 6.08 Å². The molecule has 0 unspecified atom stereocenters. The first kappa shape index (κ1) is 19.7. The Bertz CT molecular complexity index is 1100. The van der Waals surface area contributed by atoms with Crippen LogP contribution in [-0.4, -0.2) is 28.0 Å². The van der Waals surface area contributed by atoms with E-state index in [0.717, 1.165) is 38.7 Å². The van der Waals surface area contributed by atoms with Gasteiger partial charge in [-0.1, -0.05) is 29.8 Å². The quantitative estimate of drug-likeness (QED) is 0.550. The Labute approximate surface area is 168 Å². The second-order valence-corrected chi connectivity index (χ2v) is 7.24. The minimum Gasteiger partial charge on any atom is -0.480 e. The van der Waals surface area contributed by atoms with E-state index in [1.165, 1.54) is 6.92 Å². The number of carbonyl (C=O) groups excluding carboxylic acids is 1. The summed E-state index contributed by atoms with van der Waals surface area (Å²) in [5.74, 6) is -1.73. The van der Waals surface area contributed by atoms with Crippen molar-refractivity contribution >= 4 is 40.5 Å². The van der Waals surface area contributed by atoms with Crippen LogP contribution in [0.4, 0.5) is 0 Å². The zero-order valence-electron chi connectivity index (χ0n) is 15.8. The van der Waals surface area contributed by atoms with Gasteiger partial charge in [0.1, 0.15) is 11.1 Å². The molecule has 1 aromatic heterocycles. The lowest BCUT2D eigenvalue weighted by Crippen LogP contribution is -2.38. The Hall–Kier alpha value is -3.05. The van der Waals surface area contributed by atoms with E-state index in [1.807, 2.05) is 32.2 Å². The standard InChI is InChI=1S/C22H21ClN2O3/c1-12-9-18(15-4-5-20-16(10-15)6-7-24-20)13(2)8-17(12)11-19(23)21(26)25-14(3)22(27)28/h4-11,14,24H,1-3H3,(H,25,26)(H,27,28)/t14-/m1/s1. The van der Waals surface area contributed by atoms with Gasteiger partial charge in [0.05, 0.1) is 0 Å². The Morgan fingerprint density at radius 1 is 1.14 bits per heavy atom. The molecule has 3 N–H and O–H groups in total. The van der Waals surface area contributed by atoms with E-state index >= 15 is 0 Å². The van der Waals surface area contributed by atoms with Crippen LogP contribution in [0.25, 0.3) is 28.1 Å². The fourth-order valence-corrected chi connectivity index (χ4v) is 3.23. The van der Waals surface area contributed by atoms with Crippen molar-refractivity contribution in [2.24, 2.45) is 0 Å². The van der Waals surface area contributed by atoms with Crippen molar-refractivity contribution in [2.75, 3.05) is 0 Å². The third kappa shape index (κ3) is 4.10. The predicted molar refractivity (Wildman–Crippen MR) is 112 cm³/mol. The maximum Gasteiger partial charge on any atom is 0.325 e. The maximum absolute atomic E-state index is 12.1. The first-order valence-corrected chi connectivity index (χ1v) is 9.23. The van der Waals surface area contributed by atoms with E-state index in [-0.39, 0.29) is 5.03 Å². The number of halogens is 1. The highest BCUT2D eigenvalue weighted by Gasteiger charge is 2.16. The van der Waals surface area contributed by atoms with Crippen LogP contribution in [0.5, 0.6) is 0 Å². The minimum absolute atomic E-state index is 0.0582. The number of aliphatic carboxylic acids is 1. The summed E-state index contributed by atoms with van der Waals surface area (Å²) >= 11 is 6.10. The molecule has 0 aliphatic heterocycles. The smallest absolute Gasteiger partial charge is 0.325 e. The van der Waals surface area contributed by atoms with Gasteiger partial charge in [-0.2, -0.15) is 0 Å². The van der Waals surface area contributed by atoms with Gasteiger partial charge in [-0.3, -0.25) is 9.59 Å². The topological polar surface area (TPSA) is 82.2 Å². The largest absolute Gasteiger partial charge is 0.480 e. The molecule has 28 heavy (non-hydrogen) atoms. The molecule has 0 bridgehead atoms. The summed E-state index contributed by atoms with van der Waals surface area (Å²) in [4.78, 5) is 26.1. The fourth-order valence-electron chi connectivity index (χ4n) is 3.06. The van der Waals surface area contributed by atoms with Gasteiger partial charge in [0.25, 0.3) is 5.91 Å². The van der Waals surface area contributed by atoms with Crippen molar-refractivity contribution in [1.29, 1.82) is 0 Å². The molecule has 144 valence electrons. The van der Waals surface area contributed by atoms with E-state index in [0.29, 0.717) is 0 Å². The molecule has 0 spiro atoms. The van der Waals surface area contributed by atoms with Crippen molar-refractivity contribution in [1.82, 2.24) is 10.3 Å². The van der Waals surface area contributed by atoms with E-state index in [4.69, 9.17) is 16.7 Å². The SMILES string of the molecule is Cc1cc(-c2ccc3[nH]ccc3c2)c(C)cc1C=C(Cl)C(=O)N[C@H](C)C(=O)O. The molecule has 0 saturated carbocycles. The average Bonchev–Trinajstić information content (AvgIpc) is 3.11. The van der Waals surface area contributed by atoms with Crippen LogP contribution >= 0.6 is 11.6 Å². The maximum atomic E-state index is 12.1. The van der Waals surface area contributed by atoms with Crippen molar-refractivity contribution in [3.05, 3.63) is 64.3 Å². The highest BCUT2D eigenvalue weighted by Crippen LogP contribution is 2.30. The number of hydrogen-bond donors (Lipinski definition) is 3. The van der Waals surface area contributed by atoms with Crippen LogP contribution in [0, 0.1) is 13.8 Å². The monoisotopic (exact) mass is 396 g/mol. The van der Waals surface area contributed by atoms with Crippen LogP contribution in [0.3, 0.4) is 0 Å². The Morgan fingerprint density at radius 2 is 1.89 bits per heavy atom. The van der Waals surface area contributed by atoms with Crippen molar-refractivity contribution < 1.29 is 14.7 Å². The number of aromatic nitrogens is 1. The zero-order valence-corrected chi connectivity index (χ0v) is 16.6. The van der Waals surface area contributed by atoms with Crippen LogP contribution < -0.4 is 5.32 Å². The highest BCUT2D eigenvalue weighted by atomic mass is 35.5. The molecule has 0 fully saturated rings. The number of hydrogen-bond acceptors (Lipinski definition) is 2. The van der Waals surface area contributed by atoms with Crippen molar-refractivity contribution in [3.63, 3.8) is 0 Å². The summed E-state index contributed by atoms with van der Waals surface area (Å²) in [6.45, 7) is 5.34. The number of amides is 1. The predicted octanol–water partition coefficient (Wildman–Crippen LogP) is 4.62. The molecule has 6 heteroatoms. The van der Waals surface area contributed by atoms with Gasteiger partial charge in [-0.25, -0.2) is 0 Å². The number of benzene rings is 2. The van der Waals surface area contributed by atoms with Crippen molar-refractivity contribution in [3.8, 4) is 11.1 Å². The van der Waals surface area contributed by atoms with Gasteiger partial charge in [-0.15, -0.1) is 0 Å². The summed E-state index contributed by atoms with van der Waals surface area (Å²) in [7, 11) is 0. The van der Waals surface area contributed by atoms with E-state index < -0.39 is 17.9 Å². The first-order chi connectivity index (χ1) is 13.3. The Balaban J connectivity index is 1.91. The number of aryl methyl sites for hydroxylation is 2. The average molecular weight is 397 g/mol. The van der Waals surface area contributed by atoms with Crippen LogP contribution in [-0.2, 0) is 9.59 Å². The molecular formula is C22H21ClN2O3. The summed E-state index contributed by atoms with van der Waals surface area (Å²) in [5.41, 5.74) is 6.14. The summed E-state index contributed by atoms with van der Waals surface area (Å²) in [6, 6.07) is 11.3. The molecule has 0 aliphatic carbocycles. The molecule has 1 atom stereocenters. The second kappa shape index (κ2) is 7.90. The number of carboxylic acids is 1. The molecular weight excluding hydrogens is 376 g/mol. The van der Waals surface area contributed by atoms with E-state index in [9.17, 15) is 9.59 Å². The van der Waals surface area contributed by atoms with Crippen LogP contribution in [0.1, 0.15) is 23.6 Å².